The Hall–Kier alpha value is -0.260. The summed E-state index contributed by atoms with van der Waals surface area (Å²) < 4.78 is 0. The van der Waals surface area contributed by atoms with Gasteiger partial charge in [-0.1, -0.05) is 31.9 Å². The summed E-state index contributed by atoms with van der Waals surface area (Å²) in [6.07, 6.45) is 7.23. The largest absolute Gasteiger partial charge is 0.0735 e. The minimum Gasteiger partial charge on any atom is -0.0735 e. The van der Waals surface area contributed by atoms with Crippen molar-refractivity contribution in [1.82, 2.24) is 0 Å². The van der Waals surface area contributed by atoms with Crippen LogP contribution < -0.4 is 0 Å². The molecular formula is C15H24. The summed E-state index contributed by atoms with van der Waals surface area (Å²) >= 11 is 0. The number of rotatable bonds is 0. The summed E-state index contributed by atoms with van der Waals surface area (Å²) in [6, 6.07) is 0. The zero-order valence-electron chi connectivity index (χ0n) is 10.7. The molecule has 0 saturated heterocycles. The number of hydrogen-bond donors (Lipinski definition) is 0. The van der Waals surface area contributed by atoms with Gasteiger partial charge < -0.3 is 0 Å². The van der Waals surface area contributed by atoms with Gasteiger partial charge >= 0.3 is 0 Å². The molecule has 0 unspecified atom stereocenters. The molecule has 0 radical (unpaired) electrons. The van der Waals surface area contributed by atoms with E-state index in [0.29, 0.717) is 10.8 Å². The first-order chi connectivity index (χ1) is 7.00. The average molecular weight is 204 g/mol. The quantitative estimate of drug-likeness (QED) is 0.507. The molecule has 0 amide bonds. The van der Waals surface area contributed by atoms with Crippen molar-refractivity contribution in [3.05, 3.63) is 11.1 Å². The second-order valence-corrected chi connectivity index (χ2v) is 6.83. The van der Waals surface area contributed by atoms with Crippen LogP contribution in [-0.4, -0.2) is 0 Å². The van der Waals surface area contributed by atoms with Crippen LogP contribution in [0.1, 0.15) is 59.8 Å². The molecule has 0 heterocycles. The molecule has 3 aliphatic carbocycles. The summed E-state index contributed by atoms with van der Waals surface area (Å²) in [5.41, 5.74) is 4.83. The minimum absolute atomic E-state index is 0.581. The van der Waals surface area contributed by atoms with E-state index in [1.54, 1.807) is 5.57 Å². The molecule has 3 rings (SSSR count). The fourth-order valence-electron chi connectivity index (χ4n) is 5.34. The summed E-state index contributed by atoms with van der Waals surface area (Å²) in [4.78, 5) is 0. The van der Waals surface area contributed by atoms with Gasteiger partial charge in [-0.3, -0.25) is 0 Å². The van der Waals surface area contributed by atoms with E-state index in [9.17, 15) is 0 Å². The molecule has 1 spiro atoms. The van der Waals surface area contributed by atoms with E-state index in [0.717, 1.165) is 11.8 Å². The second-order valence-electron chi connectivity index (χ2n) is 6.83. The van der Waals surface area contributed by atoms with Gasteiger partial charge in [0.1, 0.15) is 0 Å². The van der Waals surface area contributed by atoms with E-state index < -0.39 is 0 Å². The van der Waals surface area contributed by atoms with Crippen molar-refractivity contribution in [1.29, 1.82) is 0 Å². The Labute approximate surface area is 94.1 Å². The Balaban J connectivity index is 2.20. The standard InChI is InChI=1S/C15H24/c1-10-7-8-15-11(2)5-6-12(9-13(10)15)14(15,3)4/h11-12H,5-9H2,1-4H3/t11-,12-,15+/m0/s1. The van der Waals surface area contributed by atoms with Crippen molar-refractivity contribution in [3.8, 4) is 0 Å². The molecule has 3 atom stereocenters. The summed E-state index contributed by atoms with van der Waals surface area (Å²) in [5.74, 6) is 1.91. The van der Waals surface area contributed by atoms with Crippen molar-refractivity contribution >= 4 is 0 Å². The third-order valence-corrected chi connectivity index (χ3v) is 6.36. The molecular weight excluding hydrogens is 180 g/mol. The molecule has 0 aliphatic heterocycles. The van der Waals surface area contributed by atoms with Crippen molar-refractivity contribution < 1.29 is 0 Å². The first kappa shape index (κ1) is 9.93. The van der Waals surface area contributed by atoms with Gasteiger partial charge in [0.2, 0.25) is 0 Å². The van der Waals surface area contributed by atoms with Crippen LogP contribution in [0.15, 0.2) is 11.1 Å². The molecule has 0 aromatic heterocycles. The highest BCUT2D eigenvalue weighted by atomic mass is 14.7. The first-order valence-corrected chi connectivity index (χ1v) is 6.69. The van der Waals surface area contributed by atoms with E-state index in [2.05, 4.69) is 27.7 Å². The molecule has 0 aromatic rings. The first-order valence-electron chi connectivity index (χ1n) is 6.69. The lowest BCUT2D eigenvalue weighted by Gasteiger charge is -2.51. The highest BCUT2D eigenvalue weighted by Crippen LogP contribution is 2.72. The summed E-state index contributed by atoms with van der Waals surface area (Å²) in [6.45, 7) is 10.0. The van der Waals surface area contributed by atoms with E-state index in [1.165, 1.54) is 32.1 Å². The Kier molecular flexibility index (Phi) is 1.79. The molecule has 15 heavy (non-hydrogen) atoms. The van der Waals surface area contributed by atoms with Gasteiger partial charge in [0.25, 0.3) is 0 Å². The zero-order valence-corrected chi connectivity index (χ0v) is 10.7. The third kappa shape index (κ3) is 0.905. The molecule has 84 valence electrons. The van der Waals surface area contributed by atoms with Crippen molar-refractivity contribution in [2.45, 2.75) is 59.8 Å². The number of hydrogen-bond acceptors (Lipinski definition) is 0. The highest BCUT2D eigenvalue weighted by Gasteiger charge is 2.63. The maximum Gasteiger partial charge on any atom is -0.000292 e. The van der Waals surface area contributed by atoms with E-state index >= 15 is 0 Å². The summed E-state index contributed by atoms with van der Waals surface area (Å²) in [7, 11) is 0. The van der Waals surface area contributed by atoms with Crippen LogP contribution >= 0.6 is 0 Å². The fraction of sp³-hybridized carbons (Fsp3) is 0.867. The van der Waals surface area contributed by atoms with Crippen LogP contribution in [0.4, 0.5) is 0 Å². The van der Waals surface area contributed by atoms with Crippen LogP contribution in [0.5, 0.6) is 0 Å². The average Bonchev–Trinajstić information content (AvgIpc) is 2.53. The molecule has 2 bridgehead atoms. The highest BCUT2D eigenvalue weighted by molar-refractivity contribution is 5.37. The molecule has 2 saturated carbocycles. The summed E-state index contributed by atoms with van der Waals surface area (Å²) in [5, 5.41) is 0. The van der Waals surface area contributed by atoms with E-state index in [-0.39, 0.29) is 0 Å². The number of fused-ring (bicyclic) bond motifs is 1. The lowest BCUT2D eigenvalue weighted by Crippen LogP contribution is -2.44. The predicted molar refractivity (Wildman–Crippen MR) is 64.7 cm³/mol. The van der Waals surface area contributed by atoms with E-state index in [1.807, 2.05) is 5.57 Å². The molecule has 0 heteroatoms. The van der Waals surface area contributed by atoms with Crippen molar-refractivity contribution in [2.24, 2.45) is 22.7 Å². The van der Waals surface area contributed by atoms with Gasteiger partial charge in [-0.2, -0.15) is 0 Å². The van der Waals surface area contributed by atoms with Crippen LogP contribution in [0.25, 0.3) is 0 Å². The SMILES string of the molecule is CC1=C2C[C@@H]3CC[C@H](C)[C@@]2(CC1)C3(C)C. The van der Waals surface area contributed by atoms with Crippen LogP contribution in [0, 0.1) is 22.7 Å². The zero-order chi connectivity index (χ0) is 10.8. The van der Waals surface area contributed by atoms with Gasteiger partial charge in [-0.05, 0) is 61.7 Å². The van der Waals surface area contributed by atoms with Crippen molar-refractivity contribution in [3.63, 3.8) is 0 Å². The van der Waals surface area contributed by atoms with Crippen LogP contribution in [0.3, 0.4) is 0 Å². The molecule has 3 aliphatic rings. The Morgan fingerprint density at radius 1 is 1.20 bits per heavy atom. The lowest BCUT2D eigenvalue weighted by molar-refractivity contribution is -0.00753. The Morgan fingerprint density at radius 2 is 1.93 bits per heavy atom. The van der Waals surface area contributed by atoms with Gasteiger partial charge in [0.05, 0.1) is 0 Å². The molecule has 0 nitrogen and oxygen atoms in total. The van der Waals surface area contributed by atoms with Gasteiger partial charge in [-0.25, -0.2) is 0 Å². The maximum absolute atomic E-state index is 2.55. The fourth-order valence-corrected chi connectivity index (χ4v) is 5.34. The topological polar surface area (TPSA) is 0 Å². The molecule has 0 N–H and O–H groups in total. The van der Waals surface area contributed by atoms with Gasteiger partial charge in [0.15, 0.2) is 0 Å². The Bertz CT molecular complexity index is 334. The van der Waals surface area contributed by atoms with Gasteiger partial charge in [0, 0.05) is 0 Å². The predicted octanol–water partition coefficient (Wildman–Crippen LogP) is 4.56. The normalized spacial score (nSPS) is 47.2. The third-order valence-electron chi connectivity index (χ3n) is 6.36. The van der Waals surface area contributed by atoms with Crippen LogP contribution in [0.2, 0.25) is 0 Å². The van der Waals surface area contributed by atoms with E-state index in [4.69, 9.17) is 0 Å². The lowest BCUT2D eigenvalue weighted by atomic mass is 9.53. The molecule has 2 fully saturated rings. The smallest absolute Gasteiger partial charge is 0.000292 e. The minimum atomic E-state index is 0.581. The maximum atomic E-state index is 2.55. The Morgan fingerprint density at radius 3 is 2.67 bits per heavy atom. The number of allylic oxidation sites excluding steroid dienone is 2. The van der Waals surface area contributed by atoms with Crippen molar-refractivity contribution in [2.75, 3.05) is 0 Å². The monoisotopic (exact) mass is 204 g/mol. The van der Waals surface area contributed by atoms with Crippen LogP contribution in [-0.2, 0) is 0 Å². The molecule has 0 aromatic carbocycles. The second kappa shape index (κ2) is 2.70. The van der Waals surface area contributed by atoms with Gasteiger partial charge in [-0.15, -0.1) is 0 Å².